The Labute approximate surface area is 137 Å². The van der Waals surface area contributed by atoms with Crippen LogP contribution in [0.25, 0.3) is 21.9 Å². The van der Waals surface area contributed by atoms with E-state index in [-0.39, 0.29) is 0 Å². The summed E-state index contributed by atoms with van der Waals surface area (Å²) in [6.45, 7) is 2.29. The molecule has 0 N–H and O–H groups in total. The number of hydrogen-bond donors (Lipinski definition) is 0. The second-order valence-electron chi connectivity index (χ2n) is 6.76. The summed E-state index contributed by atoms with van der Waals surface area (Å²) < 4.78 is 0. The van der Waals surface area contributed by atoms with E-state index in [4.69, 9.17) is 0 Å². The van der Waals surface area contributed by atoms with Crippen molar-refractivity contribution in [3.63, 3.8) is 0 Å². The molecule has 3 aromatic carbocycles. The van der Waals surface area contributed by atoms with Crippen molar-refractivity contribution in [2.45, 2.75) is 32.6 Å². The molecule has 0 aromatic heterocycles. The van der Waals surface area contributed by atoms with E-state index in [9.17, 15) is 0 Å². The smallest absolute Gasteiger partial charge is 0.00240 e. The first-order chi connectivity index (χ1) is 11.4. The molecule has 0 bridgehead atoms. The van der Waals surface area contributed by atoms with Crippen molar-refractivity contribution in [2.75, 3.05) is 0 Å². The Balaban J connectivity index is 1.88. The average Bonchev–Trinajstić information content (AvgIpc) is 3.14. The monoisotopic (exact) mass is 296 g/mol. The highest BCUT2D eigenvalue weighted by molar-refractivity contribution is 6.18. The van der Waals surface area contributed by atoms with Gasteiger partial charge >= 0.3 is 0 Å². The van der Waals surface area contributed by atoms with Gasteiger partial charge in [-0.15, -0.1) is 0 Å². The van der Waals surface area contributed by atoms with Gasteiger partial charge in [0, 0.05) is 0 Å². The molecule has 0 heteroatoms. The molecule has 0 fully saturated rings. The minimum Gasteiger partial charge on any atom is -0.0651 e. The molecule has 0 saturated heterocycles. The molecule has 3 aromatic rings. The lowest BCUT2D eigenvalue weighted by atomic mass is 9.94. The Morgan fingerprint density at radius 1 is 0.739 bits per heavy atom. The highest BCUT2D eigenvalue weighted by Crippen LogP contribution is 2.49. The molecular weight excluding hydrogens is 276 g/mol. The average molecular weight is 296 g/mol. The SMILES string of the molecule is CCCC1=C(c2ccccc2)c2ccc3c4c(ccc1c24)CC3. The van der Waals surface area contributed by atoms with Gasteiger partial charge in [-0.2, -0.15) is 0 Å². The Bertz CT molecular complexity index is 948. The zero-order valence-corrected chi connectivity index (χ0v) is 13.5. The molecule has 2 aliphatic rings. The second kappa shape index (κ2) is 4.83. The van der Waals surface area contributed by atoms with Gasteiger partial charge in [-0.25, -0.2) is 0 Å². The molecule has 0 saturated carbocycles. The summed E-state index contributed by atoms with van der Waals surface area (Å²) in [5.74, 6) is 0. The van der Waals surface area contributed by atoms with Gasteiger partial charge in [-0.3, -0.25) is 0 Å². The van der Waals surface area contributed by atoms with Crippen LogP contribution < -0.4 is 0 Å². The van der Waals surface area contributed by atoms with Crippen LogP contribution in [0.2, 0.25) is 0 Å². The third-order valence-electron chi connectivity index (χ3n) is 5.46. The summed E-state index contributed by atoms with van der Waals surface area (Å²) in [7, 11) is 0. The van der Waals surface area contributed by atoms with Crippen LogP contribution in [0.5, 0.6) is 0 Å². The van der Waals surface area contributed by atoms with Crippen molar-refractivity contribution in [1.29, 1.82) is 0 Å². The van der Waals surface area contributed by atoms with Crippen LogP contribution in [0.4, 0.5) is 0 Å². The van der Waals surface area contributed by atoms with Crippen molar-refractivity contribution in [2.24, 2.45) is 0 Å². The van der Waals surface area contributed by atoms with Crippen LogP contribution in [0.1, 0.15) is 47.6 Å². The zero-order valence-electron chi connectivity index (χ0n) is 13.5. The molecule has 5 rings (SSSR count). The zero-order chi connectivity index (χ0) is 15.4. The van der Waals surface area contributed by atoms with Gasteiger partial charge < -0.3 is 0 Å². The van der Waals surface area contributed by atoms with Crippen molar-refractivity contribution >= 4 is 21.9 Å². The molecule has 0 atom stereocenters. The molecular formula is C23H20. The summed E-state index contributed by atoms with van der Waals surface area (Å²) in [5, 5.41) is 3.08. The van der Waals surface area contributed by atoms with E-state index in [1.165, 1.54) is 46.9 Å². The van der Waals surface area contributed by atoms with E-state index in [1.54, 1.807) is 22.1 Å². The minimum atomic E-state index is 1.16. The van der Waals surface area contributed by atoms with Crippen molar-refractivity contribution in [1.82, 2.24) is 0 Å². The minimum absolute atomic E-state index is 1.16. The molecule has 112 valence electrons. The van der Waals surface area contributed by atoms with Crippen LogP contribution in [0.15, 0.2) is 54.6 Å². The maximum absolute atomic E-state index is 2.39. The summed E-state index contributed by atoms with van der Waals surface area (Å²) in [5.41, 5.74) is 10.4. The topological polar surface area (TPSA) is 0 Å². The van der Waals surface area contributed by atoms with Crippen LogP contribution in [0, 0.1) is 0 Å². The van der Waals surface area contributed by atoms with Crippen molar-refractivity contribution in [3.05, 3.63) is 82.4 Å². The predicted molar refractivity (Wildman–Crippen MR) is 98.6 cm³/mol. The van der Waals surface area contributed by atoms with Crippen molar-refractivity contribution < 1.29 is 0 Å². The Morgan fingerprint density at radius 3 is 2.13 bits per heavy atom. The second-order valence-corrected chi connectivity index (χ2v) is 6.76. The molecule has 0 unspecified atom stereocenters. The van der Waals surface area contributed by atoms with E-state index in [2.05, 4.69) is 61.5 Å². The van der Waals surface area contributed by atoms with Gasteiger partial charge in [-0.1, -0.05) is 67.9 Å². The van der Waals surface area contributed by atoms with Crippen LogP contribution in [-0.4, -0.2) is 0 Å². The maximum Gasteiger partial charge on any atom is -0.00240 e. The lowest BCUT2D eigenvalue weighted by Gasteiger charge is -2.09. The normalized spacial score (nSPS) is 15.0. The summed E-state index contributed by atoms with van der Waals surface area (Å²) >= 11 is 0. The number of aryl methyl sites for hydroxylation is 2. The largest absolute Gasteiger partial charge is 0.0651 e. The highest BCUT2D eigenvalue weighted by Gasteiger charge is 2.28. The fraction of sp³-hybridized carbons (Fsp3) is 0.217. The van der Waals surface area contributed by atoms with Gasteiger partial charge in [0.1, 0.15) is 0 Å². The lowest BCUT2D eigenvalue weighted by molar-refractivity contribution is 0.977. The first kappa shape index (κ1) is 13.1. The fourth-order valence-electron chi connectivity index (χ4n) is 4.53. The van der Waals surface area contributed by atoms with Gasteiger partial charge in [0.15, 0.2) is 0 Å². The van der Waals surface area contributed by atoms with E-state index in [1.807, 2.05) is 0 Å². The van der Waals surface area contributed by atoms with Gasteiger partial charge in [0.2, 0.25) is 0 Å². The van der Waals surface area contributed by atoms with E-state index < -0.39 is 0 Å². The van der Waals surface area contributed by atoms with Gasteiger partial charge in [0.25, 0.3) is 0 Å². The number of benzene rings is 3. The summed E-state index contributed by atoms with van der Waals surface area (Å²) in [6, 6.07) is 20.5. The van der Waals surface area contributed by atoms with Crippen LogP contribution in [0.3, 0.4) is 0 Å². The number of hydrogen-bond acceptors (Lipinski definition) is 0. The molecule has 0 nitrogen and oxygen atoms in total. The highest BCUT2D eigenvalue weighted by atomic mass is 14.3. The van der Waals surface area contributed by atoms with Crippen LogP contribution in [-0.2, 0) is 12.8 Å². The first-order valence-corrected chi connectivity index (χ1v) is 8.75. The van der Waals surface area contributed by atoms with E-state index >= 15 is 0 Å². The molecule has 0 amide bonds. The lowest BCUT2D eigenvalue weighted by Crippen LogP contribution is -1.88. The Morgan fingerprint density at radius 2 is 1.43 bits per heavy atom. The summed E-state index contributed by atoms with van der Waals surface area (Å²) in [6.07, 6.45) is 4.76. The van der Waals surface area contributed by atoms with E-state index in [0.717, 1.165) is 6.42 Å². The predicted octanol–water partition coefficient (Wildman–Crippen LogP) is 6.01. The molecule has 0 spiro atoms. The number of allylic oxidation sites excluding steroid dienone is 1. The van der Waals surface area contributed by atoms with Crippen molar-refractivity contribution in [3.8, 4) is 0 Å². The molecule has 23 heavy (non-hydrogen) atoms. The molecule has 2 aliphatic carbocycles. The number of rotatable bonds is 3. The summed E-state index contributed by atoms with van der Waals surface area (Å²) in [4.78, 5) is 0. The van der Waals surface area contributed by atoms with Crippen LogP contribution >= 0.6 is 0 Å². The standard InChI is InChI=1S/C23H20/c1-2-6-18-19-13-11-16-9-10-17-12-14-20(23(19)21(16)17)22(18)15-7-4-3-5-8-15/h3-5,7-8,11-14H,2,6,9-10H2,1H3. The molecule has 0 heterocycles. The quantitative estimate of drug-likeness (QED) is 0.555. The Hall–Kier alpha value is -2.34. The molecule has 0 aliphatic heterocycles. The first-order valence-electron chi connectivity index (χ1n) is 8.75. The maximum atomic E-state index is 2.39. The third kappa shape index (κ3) is 1.72. The van der Waals surface area contributed by atoms with Gasteiger partial charge in [0.05, 0.1) is 0 Å². The fourth-order valence-corrected chi connectivity index (χ4v) is 4.53. The van der Waals surface area contributed by atoms with Gasteiger partial charge in [-0.05, 0) is 69.0 Å². The van der Waals surface area contributed by atoms with E-state index in [0.29, 0.717) is 0 Å². The molecule has 0 radical (unpaired) electrons. The Kier molecular flexibility index (Phi) is 2.76. The third-order valence-corrected chi connectivity index (χ3v) is 5.46.